The Kier molecular flexibility index (Phi) is 3.66. The third-order valence-corrected chi connectivity index (χ3v) is 4.63. The van der Waals surface area contributed by atoms with Crippen molar-refractivity contribution in [2.24, 2.45) is 5.73 Å². The number of carbonyl (C=O) groups excluding carboxylic acids is 1. The summed E-state index contributed by atoms with van der Waals surface area (Å²) in [6.45, 7) is 0.532. The molecule has 0 spiro atoms. The highest BCUT2D eigenvalue weighted by atomic mass is 16.2. The van der Waals surface area contributed by atoms with Gasteiger partial charge in [-0.05, 0) is 41.7 Å². The maximum atomic E-state index is 12.4. The molecule has 1 aromatic heterocycles. The van der Waals surface area contributed by atoms with Gasteiger partial charge in [-0.15, -0.1) is 0 Å². The van der Waals surface area contributed by atoms with Gasteiger partial charge in [0.25, 0.3) is 0 Å². The molecule has 1 heterocycles. The first-order chi connectivity index (χ1) is 11.8. The van der Waals surface area contributed by atoms with Crippen LogP contribution in [0.15, 0.2) is 42.6 Å². The van der Waals surface area contributed by atoms with Crippen molar-refractivity contribution < 1.29 is 4.79 Å². The second kappa shape index (κ2) is 5.98. The molecule has 1 atom stereocenters. The van der Waals surface area contributed by atoms with Gasteiger partial charge >= 0.3 is 6.03 Å². The van der Waals surface area contributed by atoms with Gasteiger partial charge in [0, 0.05) is 11.9 Å². The summed E-state index contributed by atoms with van der Waals surface area (Å²) in [5.74, 6) is 0. The average molecular weight is 321 g/mol. The van der Waals surface area contributed by atoms with E-state index in [1.165, 1.54) is 16.7 Å². The van der Waals surface area contributed by atoms with Gasteiger partial charge in [-0.2, -0.15) is 5.10 Å². The molecule has 4 rings (SSSR count). The zero-order valence-electron chi connectivity index (χ0n) is 13.2. The van der Waals surface area contributed by atoms with Crippen LogP contribution in [-0.4, -0.2) is 16.2 Å². The van der Waals surface area contributed by atoms with Crippen molar-refractivity contribution in [1.82, 2.24) is 15.5 Å². The third kappa shape index (κ3) is 2.51. The first-order valence-corrected chi connectivity index (χ1v) is 8.06. The number of fused-ring (bicyclic) bond motifs is 2. The Morgan fingerprint density at radius 1 is 1.29 bits per heavy atom. The Labute approximate surface area is 139 Å². The number of hydrogen-bond acceptors (Lipinski definition) is 3. The molecular weight excluding hydrogens is 302 g/mol. The number of carbonyl (C=O) groups is 1. The quantitative estimate of drug-likeness (QED) is 0.597. The van der Waals surface area contributed by atoms with E-state index in [0.717, 1.165) is 29.4 Å². The lowest BCUT2D eigenvalue weighted by Crippen LogP contribution is -2.31. The summed E-state index contributed by atoms with van der Waals surface area (Å²) in [6.07, 6.45) is 3.56. The van der Waals surface area contributed by atoms with E-state index >= 15 is 0 Å². The van der Waals surface area contributed by atoms with E-state index in [-0.39, 0.29) is 12.1 Å². The number of benzene rings is 2. The lowest BCUT2D eigenvalue weighted by molar-refractivity contribution is 0.248. The normalized spacial score (nSPS) is 16.1. The summed E-state index contributed by atoms with van der Waals surface area (Å²) in [5.41, 5.74) is 11.1. The molecule has 6 nitrogen and oxygen atoms in total. The second-order valence-electron chi connectivity index (χ2n) is 6.02. The van der Waals surface area contributed by atoms with Crippen LogP contribution in [0.4, 0.5) is 10.5 Å². The van der Waals surface area contributed by atoms with Crippen LogP contribution in [-0.2, 0) is 13.0 Å². The zero-order valence-corrected chi connectivity index (χ0v) is 13.2. The predicted octanol–water partition coefficient (Wildman–Crippen LogP) is 2.83. The van der Waals surface area contributed by atoms with Gasteiger partial charge in [0.05, 0.1) is 23.4 Å². The number of H-pyrrole nitrogens is 1. The minimum absolute atomic E-state index is 0.0232. The van der Waals surface area contributed by atoms with Gasteiger partial charge in [-0.1, -0.05) is 24.3 Å². The maximum Gasteiger partial charge on any atom is 0.319 e. The molecule has 122 valence electrons. The first kappa shape index (κ1) is 14.7. The smallest absolute Gasteiger partial charge is 0.319 e. The summed E-state index contributed by atoms with van der Waals surface area (Å²) in [6, 6.07) is 11.6. The number of nitrogens with zero attached hydrogens (tertiary/aromatic N) is 1. The highest BCUT2D eigenvalue weighted by Gasteiger charge is 2.25. The van der Waals surface area contributed by atoms with Crippen molar-refractivity contribution in [3.8, 4) is 0 Å². The molecule has 0 fully saturated rings. The third-order valence-electron chi connectivity index (χ3n) is 4.63. The van der Waals surface area contributed by atoms with Crippen molar-refractivity contribution in [3.05, 3.63) is 59.3 Å². The van der Waals surface area contributed by atoms with Crippen LogP contribution in [0.1, 0.15) is 29.2 Å². The molecule has 0 saturated carbocycles. The molecule has 6 heteroatoms. The molecule has 0 bridgehead atoms. The summed E-state index contributed by atoms with van der Waals surface area (Å²) < 4.78 is 0. The Morgan fingerprint density at radius 3 is 3.04 bits per heavy atom. The SMILES string of the molecule is NCc1cccc2c1CCC2NC(=O)Nc1cccc2[nH]ncc12. The lowest BCUT2D eigenvalue weighted by atomic mass is 10.0. The van der Waals surface area contributed by atoms with Crippen molar-refractivity contribution in [2.45, 2.75) is 25.4 Å². The highest BCUT2D eigenvalue weighted by molar-refractivity contribution is 6.00. The Bertz CT molecular complexity index is 901. The standard InChI is InChI=1S/C18H19N5O/c19-9-11-3-1-4-13-12(11)7-8-16(13)22-18(24)21-15-5-2-6-17-14(15)10-20-23-17/h1-6,10,16H,7-9,19H2,(H,20,23)(H2,21,22,24). The molecule has 3 aromatic rings. The van der Waals surface area contributed by atoms with Crippen LogP contribution >= 0.6 is 0 Å². The van der Waals surface area contributed by atoms with E-state index in [1.807, 2.05) is 24.3 Å². The minimum Gasteiger partial charge on any atom is -0.331 e. The summed E-state index contributed by atoms with van der Waals surface area (Å²) in [7, 11) is 0. The fourth-order valence-electron chi connectivity index (χ4n) is 3.47. The number of amides is 2. The first-order valence-electron chi connectivity index (χ1n) is 8.06. The average Bonchev–Trinajstić information content (AvgIpc) is 3.22. The van der Waals surface area contributed by atoms with E-state index in [0.29, 0.717) is 6.54 Å². The van der Waals surface area contributed by atoms with E-state index in [4.69, 9.17) is 5.73 Å². The van der Waals surface area contributed by atoms with Crippen molar-refractivity contribution >= 4 is 22.6 Å². The van der Waals surface area contributed by atoms with Gasteiger partial charge in [-0.25, -0.2) is 4.79 Å². The molecule has 24 heavy (non-hydrogen) atoms. The van der Waals surface area contributed by atoms with E-state index < -0.39 is 0 Å². The van der Waals surface area contributed by atoms with Crippen LogP contribution in [0.5, 0.6) is 0 Å². The Morgan fingerprint density at radius 2 is 2.17 bits per heavy atom. The van der Waals surface area contributed by atoms with Crippen molar-refractivity contribution in [3.63, 3.8) is 0 Å². The van der Waals surface area contributed by atoms with Gasteiger partial charge in [0.1, 0.15) is 0 Å². The highest BCUT2D eigenvalue weighted by Crippen LogP contribution is 2.33. The molecule has 1 unspecified atom stereocenters. The number of hydrogen-bond donors (Lipinski definition) is 4. The van der Waals surface area contributed by atoms with Crippen LogP contribution in [0.2, 0.25) is 0 Å². The molecular formula is C18H19N5O. The molecule has 0 saturated heterocycles. The number of nitrogens with two attached hydrogens (primary N) is 1. The van der Waals surface area contributed by atoms with Crippen LogP contribution < -0.4 is 16.4 Å². The minimum atomic E-state index is -0.209. The van der Waals surface area contributed by atoms with Gasteiger partial charge in [0.2, 0.25) is 0 Å². The monoisotopic (exact) mass is 321 g/mol. The van der Waals surface area contributed by atoms with Crippen LogP contribution in [0, 0.1) is 0 Å². The van der Waals surface area contributed by atoms with Gasteiger partial charge in [0.15, 0.2) is 0 Å². The second-order valence-corrected chi connectivity index (χ2v) is 6.02. The lowest BCUT2D eigenvalue weighted by Gasteiger charge is -2.16. The Balaban J connectivity index is 1.51. The predicted molar refractivity (Wildman–Crippen MR) is 93.6 cm³/mol. The largest absolute Gasteiger partial charge is 0.331 e. The molecule has 0 aliphatic heterocycles. The summed E-state index contributed by atoms with van der Waals surface area (Å²) in [4.78, 5) is 12.4. The van der Waals surface area contributed by atoms with Crippen LogP contribution in [0.3, 0.4) is 0 Å². The van der Waals surface area contributed by atoms with Gasteiger partial charge < -0.3 is 16.4 Å². The van der Waals surface area contributed by atoms with Crippen molar-refractivity contribution in [2.75, 3.05) is 5.32 Å². The van der Waals surface area contributed by atoms with Crippen LogP contribution in [0.25, 0.3) is 10.9 Å². The van der Waals surface area contributed by atoms with E-state index in [2.05, 4.69) is 33.0 Å². The number of nitrogens with one attached hydrogen (secondary N) is 3. The summed E-state index contributed by atoms with van der Waals surface area (Å²) >= 11 is 0. The van der Waals surface area contributed by atoms with E-state index in [9.17, 15) is 4.79 Å². The summed E-state index contributed by atoms with van der Waals surface area (Å²) in [5, 5.41) is 13.8. The number of urea groups is 1. The zero-order chi connectivity index (χ0) is 16.5. The number of anilines is 1. The number of aromatic nitrogens is 2. The fraction of sp³-hybridized carbons (Fsp3) is 0.222. The number of aromatic amines is 1. The number of rotatable bonds is 3. The molecule has 1 aliphatic carbocycles. The molecule has 2 amide bonds. The molecule has 0 radical (unpaired) electrons. The van der Waals surface area contributed by atoms with Gasteiger partial charge in [-0.3, -0.25) is 5.10 Å². The molecule has 5 N–H and O–H groups in total. The molecule has 1 aliphatic rings. The Hall–Kier alpha value is -2.86. The fourth-order valence-corrected chi connectivity index (χ4v) is 3.47. The van der Waals surface area contributed by atoms with Crippen molar-refractivity contribution in [1.29, 1.82) is 0 Å². The maximum absolute atomic E-state index is 12.4. The molecule has 2 aromatic carbocycles. The topological polar surface area (TPSA) is 95.8 Å². The van der Waals surface area contributed by atoms with E-state index in [1.54, 1.807) is 6.20 Å².